The number of primary amides is 1. The maximum absolute atomic E-state index is 12.8. The highest BCUT2D eigenvalue weighted by Gasteiger charge is 2.24. The number of nitrogens with one attached hydrogen (secondary N) is 1. The van der Waals surface area contributed by atoms with Gasteiger partial charge in [-0.25, -0.2) is 4.98 Å². The Morgan fingerprint density at radius 2 is 2.00 bits per heavy atom. The lowest BCUT2D eigenvalue weighted by atomic mass is 10.0. The minimum Gasteiger partial charge on any atom is -0.369 e. The number of rotatable bonds is 4. The van der Waals surface area contributed by atoms with E-state index < -0.39 is 0 Å². The molecule has 0 bridgehead atoms. The summed E-state index contributed by atoms with van der Waals surface area (Å²) in [6.07, 6.45) is 1.61. The second-order valence-electron chi connectivity index (χ2n) is 6.71. The Kier molecular flexibility index (Phi) is 4.71. The molecule has 0 atom stereocenters. The van der Waals surface area contributed by atoms with Crippen molar-refractivity contribution in [3.05, 3.63) is 23.0 Å². The van der Waals surface area contributed by atoms with Gasteiger partial charge in [0, 0.05) is 31.9 Å². The summed E-state index contributed by atoms with van der Waals surface area (Å²) in [6, 6.07) is 1.91. The molecule has 3 heterocycles. The Bertz CT molecular complexity index is 820. The fourth-order valence-corrected chi connectivity index (χ4v) is 3.47. The van der Waals surface area contributed by atoms with Gasteiger partial charge in [-0.2, -0.15) is 5.10 Å². The zero-order chi connectivity index (χ0) is 18.1. The highest BCUT2D eigenvalue weighted by Crippen LogP contribution is 2.22. The normalized spacial score (nSPS) is 16.3. The summed E-state index contributed by atoms with van der Waals surface area (Å²) in [6.45, 7) is 5.55. The van der Waals surface area contributed by atoms with Gasteiger partial charge in [-0.15, -0.1) is 0 Å². The summed E-state index contributed by atoms with van der Waals surface area (Å²) >= 11 is 0. The first-order chi connectivity index (χ1) is 11.8. The van der Waals surface area contributed by atoms with Gasteiger partial charge in [0.15, 0.2) is 5.65 Å². The van der Waals surface area contributed by atoms with Crippen LogP contribution in [-0.4, -0.2) is 57.2 Å². The van der Waals surface area contributed by atoms with E-state index >= 15 is 0 Å². The number of likely N-dealkylation sites (tertiary alicyclic amines) is 1. The quantitative estimate of drug-likeness (QED) is 0.828. The second kappa shape index (κ2) is 6.79. The third-order valence-corrected chi connectivity index (χ3v) is 4.64. The third-order valence-electron chi connectivity index (χ3n) is 4.64. The first-order valence-electron chi connectivity index (χ1n) is 8.47. The third kappa shape index (κ3) is 3.63. The first kappa shape index (κ1) is 17.3. The summed E-state index contributed by atoms with van der Waals surface area (Å²) < 4.78 is 1.71. The molecular formula is C17H24N6O2. The Balaban J connectivity index is 1.74. The van der Waals surface area contributed by atoms with Crippen molar-refractivity contribution in [2.75, 3.05) is 19.6 Å². The predicted molar refractivity (Wildman–Crippen MR) is 94.1 cm³/mol. The van der Waals surface area contributed by atoms with Gasteiger partial charge in [0.25, 0.3) is 5.91 Å². The van der Waals surface area contributed by atoms with Crippen molar-refractivity contribution >= 4 is 22.8 Å². The molecule has 0 aromatic carbocycles. The van der Waals surface area contributed by atoms with E-state index in [1.165, 1.54) is 0 Å². The van der Waals surface area contributed by atoms with Crippen LogP contribution < -0.4 is 11.1 Å². The van der Waals surface area contributed by atoms with E-state index in [4.69, 9.17) is 5.73 Å². The Morgan fingerprint density at radius 1 is 1.32 bits per heavy atom. The molecule has 0 radical (unpaired) electrons. The zero-order valence-corrected chi connectivity index (χ0v) is 14.9. The second-order valence-corrected chi connectivity index (χ2v) is 6.71. The number of carbonyl (C=O) groups excluding carboxylic acids is 2. The van der Waals surface area contributed by atoms with Gasteiger partial charge >= 0.3 is 0 Å². The fraction of sp³-hybridized carbons (Fsp3) is 0.529. The molecule has 1 aliphatic heterocycles. The summed E-state index contributed by atoms with van der Waals surface area (Å²) in [4.78, 5) is 30.3. The molecule has 1 saturated heterocycles. The average Bonchev–Trinajstić information content (AvgIpc) is 2.82. The molecule has 2 amide bonds. The van der Waals surface area contributed by atoms with E-state index in [2.05, 4.69) is 15.4 Å². The smallest absolute Gasteiger partial charge is 0.252 e. The summed E-state index contributed by atoms with van der Waals surface area (Å²) in [5.74, 6) is -0.413. The molecule has 0 unspecified atom stereocenters. The highest BCUT2D eigenvalue weighted by atomic mass is 16.2. The number of nitrogens with zero attached hydrogens (tertiary/aromatic N) is 4. The molecule has 3 rings (SSSR count). The van der Waals surface area contributed by atoms with Gasteiger partial charge in [0.05, 0.1) is 23.2 Å². The number of hydrogen-bond donors (Lipinski definition) is 2. The van der Waals surface area contributed by atoms with Crippen LogP contribution in [0.3, 0.4) is 0 Å². The lowest BCUT2D eigenvalue weighted by Crippen LogP contribution is -2.46. The molecule has 0 spiro atoms. The van der Waals surface area contributed by atoms with Crippen LogP contribution in [0.4, 0.5) is 0 Å². The monoisotopic (exact) mass is 344 g/mol. The van der Waals surface area contributed by atoms with Crippen LogP contribution in [0.25, 0.3) is 11.0 Å². The van der Waals surface area contributed by atoms with Crippen LogP contribution in [0.2, 0.25) is 0 Å². The molecule has 8 heteroatoms. The van der Waals surface area contributed by atoms with Crippen molar-refractivity contribution < 1.29 is 9.59 Å². The zero-order valence-electron chi connectivity index (χ0n) is 14.9. The van der Waals surface area contributed by atoms with Crippen molar-refractivity contribution in [1.82, 2.24) is 25.0 Å². The molecule has 134 valence electrons. The average molecular weight is 344 g/mol. The Labute approximate surface area is 146 Å². The number of nitrogens with two attached hydrogens (primary N) is 1. The highest BCUT2D eigenvalue weighted by molar-refractivity contribution is 6.06. The molecule has 8 nitrogen and oxygen atoms in total. The maximum atomic E-state index is 12.8. The van der Waals surface area contributed by atoms with Crippen molar-refractivity contribution in [3.8, 4) is 0 Å². The SMILES string of the molecule is Cc1cc(C(=O)NC2CCN(CC(N)=O)CC2)c2c(C)nn(C)c2n1. The number of pyridine rings is 1. The van der Waals surface area contributed by atoms with Crippen LogP contribution in [0.5, 0.6) is 0 Å². The lowest BCUT2D eigenvalue weighted by molar-refractivity contribution is -0.119. The number of carbonyl (C=O) groups is 2. The first-order valence-corrected chi connectivity index (χ1v) is 8.47. The van der Waals surface area contributed by atoms with Gasteiger partial charge in [-0.3, -0.25) is 19.2 Å². The molecule has 25 heavy (non-hydrogen) atoms. The Hall–Kier alpha value is -2.48. The molecule has 3 N–H and O–H groups in total. The van der Waals surface area contributed by atoms with Crippen molar-refractivity contribution in [2.45, 2.75) is 32.7 Å². The van der Waals surface area contributed by atoms with Crippen molar-refractivity contribution in [2.24, 2.45) is 12.8 Å². The standard InChI is InChI=1S/C17H24N6O2/c1-10-8-13(15-11(2)21-22(3)16(15)19-10)17(25)20-12-4-6-23(7-5-12)9-14(18)24/h8,12H,4-7,9H2,1-3H3,(H2,18,24)(H,20,25). The summed E-state index contributed by atoms with van der Waals surface area (Å²) in [5.41, 5.74) is 8.16. The molecule has 2 aromatic rings. The number of aromatic nitrogens is 3. The van der Waals surface area contributed by atoms with Gasteiger partial charge in [-0.1, -0.05) is 0 Å². The van der Waals surface area contributed by atoms with Crippen LogP contribution in [0.1, 0.15) is 34.6 Å². The minimum atomic E-state index is -0.316. The van der Waals surface area contributed by atoms with E-state index in [9.17, 15) is 9.59 Å². The molecular weight excluding hydrogens is 320 g/mol. The molecule has 2 aromatic heterocycles. The van der Waals surface area contributed by atoms with Crippen LogP contribution in [0.15, 0.2) is 6.07 Å². The molecule has 1 aliphatic rings. The fourth-order valence-electron chi connectivity index (χ4n) is 3.47. The van der Waals surface area contributed by atoms with Crippen molar-refractivity contribution in [3.63, 3.8) is 0 Å². The van der Waals surface area contributed by atoms with Crippen LogP contribution in [0, 0.1) is 13.8 Å². The van der Waals surface area contributed by atoms with Gasteiger partial charge < -0.3 is 11.1 Å². The molecule has 1 fully saturated rings. The van der Waals surface area contributed by atoms with E-state index in [1.54, 1.807) is 4.68 Å². The number of amides is 2. The summed E-state index contributed by atoms with van der Waals surface area (Å²) in [5, 5.41) is 8.30. The van der Waals surface area contributed by atoms with E-state index in [0.717, 1.165) is 48.4 Å². The van der Waals surface area contributed by atoms with Gasteiger partial charge in [0.2, 0.25) is 5.91 Å². The molecule has 0 saturated carbocycles. The van der Waals surface area contributed by atoms with E-state index in [-0.39, 0.29) is 24.4 Å². The topological polar surface area (TPSA) is 106 Å². The van der Waals surface area contributed by atoms with Crippen molar-refractivity contribution in [1.29, 1.82) is 0 Å². The number of piperidine rings is 1. The number of fused-ring (bicyclic) bond motifs is 1. The number of hydrogen-bond acceptors (Lipinski definition) is 5. The maximum Gasteiger partial charge on any atom is 0.252 e. The Morgan fingerprint density at radius 3 is 2.64 bits per heavy atom. The van der Waals surface area contributed by atoms with E-state index in [1.807, 2.05) is 31.9 Å². The van der Waals surface area contributed by atoms with E-state index in [0.29, 0.717) is 5.56 Å². The van der Waals surface area contributed by atoms with Crippen LogP contribution >= 0.6 is 0 Å². The van der Waals surface area contributed by atoms with Crippen LogP contribution in [-0.2, 0) is 11.8 Å². The molecule has 0 aliphatic carbocycles. The van der Waals surface area contributed by atoms with Gasteiger partial charge in [0.1, 0.15) is 0 Å². The van der Waals surface area contributed by atoms with Gasteiger partial charge in [-0.05, 0) is 32.8 Å². The predicted octanol–water partition coefficient (Wildman–Crippen LogP) is 0.265. The largest absolute Gasteiger partial charge is 0.369 e. The summed E-state index contributed by atoms with van der Waals surface area (Å²) in [7, 11) is 1.83. The minimum absolute atomic E-state index is 0.0946. The lowest BCUT2D eigenvalue weighted by Gasteiger charge is -2.31. The number of aryl methyl sites for hydroxylation is 3.